The number of rotatable bonds is 3. The van der Waals surface area contributed by atoms with Gasteiger partial charge in [0, 0.05) is 32.3 Å². The van der Waals surface area contributed by atoms with Gasteiger partial charge >= 0.3 is 5.97 Å². The summed E-state index contributed by atoms with van der Waals surface area (Å²) in [6.07, 6.45) is 4.13. The van der Waals surface area contributed by atoms with Crippen molar-refractivity contribution in [1.82, 2.24) is 14.7 Å². The molecule has 1 amide bonds. The van der Waals surface area contributed by atoms with Gasteiger partial charge in [0.1, 0.15) is 11.6 Å². The molecule has 1 aliphatic rings. The van der Waals surface area contributed by atoms with E-state index in [1.807, 2.05) is 0 Å². The monoisotopic (exact) mass is 331 g/mol. The third-order valence-corrected chi connectivity index (χ3v) is 4.26. The van der Waals surface area contributed by atoms with E-state index in [1.165, 1.54) is 24.3 Å². The molecule has 0 bridgehead atoms. The van der Waals surface area contributed by atoms with Gasteiger partial charge in [-0.2, -0.15) is 5.10 Å². The van der Waals surface area contributed by atoms with Crippen molar-refractivity contribution in [2.75, 3.05) is 7.05 Å². The van der Waals surface area contributed by atoms with Gasteiger partial charge in [0.05, 0.1) is 18.2 Å². The second kappa shape index (κ2) is 6.43. The Bertz CT molecular complexity index is 757. The van der Waals surface area contributed by atoms with E-state index in [1.54, 1.807) is 36.1 Å². The topological polar surface area (TPSA) is 64.4 Å². The van der Waals surface area contributed by atoms with Crippen LogP contribution in [-0.2, 0) is 16.6 Å². The Morgan fingerprint density at radius 3 is 2.62 bits per heavy atom. The normalized spacial score (nSPS) is 21.0. The molecule has 1 fully saturated rings. The van der Waals surface area contributed by atoms with Crippen molar-refractivity contribution >= 4 is 11.9 Å². The van der Waals surface area contributed by atoms with Crippen LogP contribution in [0.5, 0.6) is 5.75 Å². The highest BCUT2D eigenvalue weighted by Crippen LogP contribution is 2.36. The van der Waals surface area contributed by atoms with E-state index in [0.717, 1.165) is 5.56 Å². The average Bonchev–Trinajstić information content (AvgIpc) is 2.98. The standard InChI is InChI=1S/C17H18FN3O3/c1-20-10-11(9-19-20)16-14(7-8-15(22)21(16)2)17(23)24-13-5-3-12(18)4-6-13/h3-6,9-10,14,16H,7-8H2,1-2H3. The van der Waals surface area contributed by atoms with Crippen molar-refractivity contribution in [3.63, 3.8) is 0 Å². The predicted octanol–water partition coefficient (Wildman–Crippen LogP) is 2.07. The van der Waals surface area contributed by atoms with Crippen LogP contribution in [0.3, 0.4) is 0 Å². The lowest BCUT2D eigenvalue weighted by molar-refractivity contribution is -0.148. The van der Waals surface area contributed by atoms with Crippen molar-refractivity contribution in [3.8, 4) is 5.75 Å². The van der Waals surface area contributed by atoms with Crippen LogP contribution >= 0.6 is 0 Å². The van der Waals surface area contributed by atoms with Gasteiger partial charge in [0.15, 0.2) is 0 Å². The minimum Gasteiger partial charge on any atom is -0.426 e. The van der Waals surface area contributed by atoms with Crippen LogP contribution in [0.1, 0.15) is 24.4 Å². The molecule has 1 saturated heterocycles. The molecule has 0 spiro atoms. The van der Waals surface area contributed by atoms with E-state index >= 15 is 0 Å². The smallest absolute Gasteiger partial charge is 0.316 e. The number of esters is 1. The highest BCUT2D eigenvalue weighted by atomic mass is 19.1. The van der Waals surface area contributed by atoms with E-state index in [-0.39, 0.29) is 18.1 Å². The van der Waals surface area contributed by atoms with Crippen molar-refractivity contribution in [3.05, 3.63) is 48.0 Å². The van der Waals surface area contributed by atoms with E-state index in [0.29, 0.717) is 6.42 Å². The molecule has 2 unspecified atom stereocenters. The summed E-state index contributed by atoms with van der Waals surface area (Å²) < 4.78 is 20.0. The average molecular weight is 331 g/mol. The van der Waals surface area contributed by atoms with Gasteiger partial charge in [-0.25, -0.2) is 4.39 Å². The first-order valence-electron chi connectivity index (χ1n) is 7.67. The number of aryl methyl sites for hydroxylation is 1. The SMILES string of the molecule is CN1C(=O)CCC(C(=O)Oc2ccc(F)cc2)C1c1cnn(C)c1. The maximum Gasteiger partial charge on any atom is 0.316 e. The van der Waals surface area contributed by atoms with Crippen LogP contribution in [0.25, 0.3) is 0 Å². The fourth-order valence-electron chi connectivity index (χ4n) is 3.03. The van der Waals surface area contributed by atoms with Crippen LogP contribution in [-0.4, -0.2) is 33.6 Å². The zero-order valence-electron chi connectivity index (χ0n) is 13.5. The Labute approximate surface area is 138 Å². The van der Waals surface area contributed by atoms with Crippen LogP contribution in [0.2, 0.25) is 0 Å². The maximum atomic E-state index is 13.0. The first-order valence-corrected chi connectivity index (χ1v) is 7.67. The Morgan fingerprint density at radius 2 is 2.00 bits per heavy atom. The molecule has 2 atom stereocenters. The summed E-state index contributed by atoms with van der Waals surface area (Å²) in [5, 5.41) is 4.12. The number of hydrogen-bond acceptors (Lipinski definition) is 4. The van der Waals surface area contributed by atoms with Crippen molar-refractivity contribution in [2.24, 2.45) is 13.0 Å². The molecule has 0 saturated carbocycles. The number of carbonyl (C=O) groups is 2. The Kier molecular flexibility index (Phi) is 4.33. The van der Waals surface area contributed by atoms with Gasteiger partial charge in [0.2, 0.25) is 5.91 Å². The number of benzene rings is 1. The number of nitrogens with zero attached hydrogens (tertiary/aromatic N) is 3. The van der Waals surface area contributed by atoms with Gasteiger partial charge in [-0.05, 0) is 30.7 Å². The molecule has 126 valence electrons. The van der Waals surface area contributed by atoms with Crippen LogP contribution in [0.15, 0.2) is 36.7 Å². The Morgan fingerprint density at radius 1 is 1.29 bits per heavy atom. The molecule has 0 radical (unpaired) electrons. The molecular weight excluding hydrogens is 313 g/mol. The van der Waals surface area contributed by atoms with Gasteiger partial charge in [0.25, 0.3) is 0 Å². The lowest BCUT2D eigenvalue weighted by Gasteiger charge is -2.37. The summed E-state index contributed by atoms with van der Waals surface area (Å²) in [6.45, 7) is 0. The van der Waals surface area contributed by atoms with Crippen molar-refractivity contribution in [2.45, 2.75) is 18.9 Å². The molecular formula is C17H18FN3O3. The van der Waals surface area contributed by atoms with Gasteiger partial charge in [-0.1, -0.05) is 0 Å². The lowest BCUT2D eigenvalue weighted by atomic mass is 9.86. The molecule has 0 aliphatic carbocycles. The molecule has 1 aromatic heterocycles. The highest BCUT2D eigenvalue weighted by Gasteiger charge is 2.40. The number of ether oxygens (including phenoxy) is 1. The number of piperidine rings is 1. The highest BCUT2D eigenvalue weighted by molar-refractivity contribution is 5.83. The van der Waals surface area contributed by atoms with Gasteiger partial charge in [-0.3, -0.25) is 14.3 Å². The number of halogens is 1. The molecule has 1 aliphatic heterocycles. The number of hydrogen-bond donors (Lipinski definition) is 0. The molecule has 2 heterocycles. The molecule has 1 aromatic carbocycles. The van der Waals surface area contributed by atoms with E-state index in [4.69, 9.17) is 4.74 Å². The first-order chi connectivity index (χ1) is 11.5. The first kappa shape index (κ1) is 16.2. The molecule has 0 N–H and O–H groups in total. The zero-order chi connectivity index (χ0) is 17.3. The Hall–Kier alpha value is -2.70. The summed E-state index contributed by atoms with van der Waals surface area (Å²) in [7, 11) is 3.46. The van der Waals surface area contributed by atoms with Crippen LogP contribution in [0, 0.1) is 11.7 Å². The molecule has 7 heteroatoms. The second-order valence-corrected chi connectivity index (χ2v) is 5.92. The van der Waals surface area contributed by atoms with Crippen molar-refractivity contribution < 1.29 is 18.7 Å². The summed E-state index contributed by atoms with van der Waals surface area (Å²) in [6, 6.07) is 4.86. The third kappa shape index (κ3) is 3.15. The minimum absolute atomic E-state index is 0.0188. The van der Waals surface area contributed by atoms with Gasteiger partial charge < -0.3 is 9.64 Å². The molecule has 6 nitrogen and oxygen atoms in total. The number of aromatic nitrogens is 2. The largest absolute Gasteiger partial charge is 0.426 e. The third-order valence-electron chi connectivity index (χ3n) is 4.26. The predicted molar refractivity (Wildman–Crippen MR) is 83.5 cm³/mol. The van der Waals surface area contributed by atoms with E-state index < -0.39 is 23.7 Å². The molecule has 3 rings (SSSR count). The fraction of sp³-hybridized carbons (Fsp3) is 0.353. The second-order valence-electron chi connectivity index (χ2n) is 5.92. The van der Waals surface area contributed by atoms with E-state index in [9.17, 15) is 14.0 Å². The summed E-state index contributed by atoms with van der Waals surface area (Å²) >= 11 is 0. The zero-order valence-corrected chi connectivity index (χ0v) is 13.5. The van der Waals surface area contributed by atoms with E-state index in [2.05, 4.69) is 5.10 Å². The number of carbonyl (C=O) groups excluding carboxylic acids is 2. The lowest BCUT2D eigenvalue weighted by Crippen LogP contribution is -2.44. The maximum absolute atomic E-state index is 13.0. The number of amides is 1. The summed E-state index contributed by atoms with van der Waals surface area (Å²) in [4.78, 5) is 26.2. The Balaban J connectivity index is 1.84. The van der Waals surface area contributed by atoms with Gasteiger partial charge in [-0.15, -0.1) is 0 Å². The van der Waals surface area contributed by atoms with Crippen molar-refractivity contribution in [1.29, 1.82) is 0 Å². The minimum atomic E-state index is -0.498. The summed E-state index contributed by atoms with van der Waals surface area (Å²) in [5.41, 5.74) is 0.786. The molecule has 2 aromatic rings. The molecule has 24 heavy (non-hydrogen) atoms. The van der Waals surface area contributed by atoms with Crippen LogP contribution < -0.4 is 4.74 Å². The summed E-state index contributed by atoms with van der Waals surface area (Å²) in [5.74, 6) is -1.07. The quantitative estimate of drug-likeness (QED) is 0.638. The number of likely N-dealkylation sites (tertiary alicyclic amines) is 1. The van der Waals surface area contributed by atoms with Crippen LogP contribution in [0.4, 0.5) is 4.39 Å². The fourth-order valence-corrected chi connectivity index (χ4v) is 3.03.